The topological polar surface area (TPSA) is 40.5 Å². The van der Waals surface area contributed by atoms with Gasteiger partial charge < -0.3 is 10.0 Å². The molecule has 1 aromatic heterocycles. The molecule has 104 valence electrons. The number of nitrogens with zero attached hydrogens (tertiary/aromatic N) is 1. The highest BCUT2D eigenvalue weighted by atomic mass is 32.1. The lowest BCUT2D eigenvalue weighted by Gasteiger charge is -2.58. The molecule has 1 amide bonds. The van der Waals surface area contributed by atoms with E-state index in [9.17, 15) is 9.90 Å². The lowest BCUT2D eigenvalue weighted by Crippen LogP contribution is -2.60. The lowest BCUT2D eigenvalue weighted by atomic mass is 9.53. The number of carbonyl (C=O) groups excluding carboxylic acids is 1. The first-order valence-electron chi connectivity index (χ1n) is 7.02. The van der Waals surface area contributed by atoms with Gasteiger partial charge in [0.15, 0.2) is 0 Å². The number of aliphatic hydroxyl groups is 1. The standard InChI is InChI=1S/C15H21NO2S/c1-11-3-4-12(19-11)13(17)16-9-7-15(8-10-16)6-5-14(15,2)18/h3-4,18H,5-10H2,1-2H3. The minimum Gasteiger partial charge on any atom is -0.390 e. The predicted molar refractivity (Wildman–Crippen MR) is 76.5 cm³/mol. The van der Waals surface area contributed by atoms with Crippen molar-refractivity contribution in [1.82, 2.24) is 4.90 Å². The molecule has 3 nitrogen and oxygen atoms in total. The second kappa shape index (κ2) is 4.32. The van der Waals surface area contributed by atoms with Gasteiger partial charge in [-0.15, -0.1) is 11.3 Å². The van der Waals surface area contributed by atoms with E-state index in [4.69, 9.17) is 0 Å². The van der Waals surface area contributed by atoms with Gasteiger partial charge in [-0.2, -0.15) is 0 Å². The van der Waals surface area contributed by atoms with Crippen LogP contribution in [0.25, 0.3) is 0 Å². The molecule has 2 heterocycles. The molecule has 0 radical (unpaired) electrons. The molecular formula is C15H21NO2S. The van der Waals surface area contributed by atoms with Gasteiger partial charge >= 0.3 is 0 Å². The van der Waals surface area contributed by atoms with E-state index in [-0.39, 0.29) is 11.3 Å². The number of likely N-dealkylation sites (tertiary alicyclic amines) is 1. The lowest BCUT2D eigenvalue weighted by molar-refractivity contribution is -0.174. The zero-order chi connectivity index (χ0) is 13.7. The van der Waals surface area contributed by atoms with Gasteiger partial charge in [0.05, 0.1) is 10.5 Å². The number of hydrogen-bond donors (Lipinski definition) is 1. The van der Waals surface area contributed by atoms with Crippen LogP contribution in [0.4, 0.5) is 0 Å². The summed E-state index contributed by atoms with van der Waals surface area (Å²) in [6, 6.07) is 3.92. The maximum atomic E-state index is 12.4. The highest BCUT2D eigenvalue weighted by Crippen LogP contribution is 2.56. The molecule has 4 heteroatoms. The molecule has 1 spiro atoms. The Morgan fingerprint density at radius 2 is 1.95 bits per heavy atom. The smallest absolute Gasteiger partial charge is 0.263 e. The van der Waals surface area contributed by atoms with E-state index in [0.717, 1.165) is 43.6 Å². The molecule has 1 aromatic rings. The Morgan fingerprint density at radius 1 is 1.26 bits per heavy atom. The van der Waals surface area contributed by atoms with Gasteiger partial charge in [0.1, 0.15) is 0 Å². The summed E-state index contributed by atoms with van der Waals surface area (Å²) >= 11 is 1.57. The van der Waals surface area contributed by atoms with Crippen LogP contribution in [0, 0.1) is 12.3 Å². The molecule has 0 aromatic carbocycles. The van der Waals surface area contributed by atoms with Crippen LogP contribution >= 0.6 is 11.3 Å². The molecule has 3 rings (SSSR count). The number of amides is 1. The average molecular weight is 279 g/mol. The van der Waals surface area contributed by atoms with Gasteiger partial charge in [-0.05, 0) is 51.7 Å². The molecule has 1 saturated carbocycles. The van der Waals surface area contributed by atoms with Crippen LogP contribution in [-0.4, -0.2) is 34.6 Å². The molecule has 1 N–H and O–H groups in total. The summed E-state index contributed by atoms with van der Waals surface area (Å²) in [7, 11) is 0. The Bertz CT molecular complexity index is 498. The van der Waals surface area contributed by atoms with E-state index in [1.807, 2.05) is 30.9 Å². The summed E-state index contributed by atoms with van der Waals surface area (Å²) in [5, 5.41) is 10.3. The Labute approximate surface area is 118 Å². The average Bonchev–Trinajstić information content (AvgIpc) is 2.83. The van der Waals surface area contributed by atoms with Gasteiger partial charge in [0, 0.05) is 23.4 Å². The third-order valence-corrected chi connectivity index (χ3v) is 6.18. The maximum absolute atomic E-state index is 12.4. The normalized spacial score (nSPS) is 29.3. The van der Waals surface area contributed by atoms with Gasteiger partial charge in [0.25, 0.3) is 5.91 Å². The van der Waals surface area contributed by atoms with E-state index < -0.39 is 5.60 Å². The predicted octanol–water partition coefficient (Wildman–Crippen LogP) is 2.82. The summed E-state index contributed by atoms with van der Waals surface area (Å²) in [5.41, 5.74) is -0.434. The van der Waals surface area contributed by atoms with E-state index in [2.05, 4.69) is 0 Å². The van der Waals surface area contributed by atoms with Crippen LogP contribution in [0.3, 0.4) is 0 Å². The molecule has 0 bridgehead atoms. The van der Waals surface area contributed by atoms with Gasteiger partial charge in [0.2, 0.25) is 0 Å². The zero-order valence-electron chi connectivity index (χ0n) is 11.6. The van der Waals surface area contributed by atoms with Crippen LogP contribution in [-0.2, 0) is 0 Å². The van der Waals surface area contributed by atoms with Crippen molar-refractivity contribution in [3.05, 3.63) is 21.9 Å². The molecule has 2 fully saturated rings. The summed E-state index contributed by atoms with van der Waals surface area (Å²) in [4.78, 5) is 16.3. The quantitative estimate of drug-likeness (QED) is 0.858. The molecule has 2 aliphatic rings. The van der Waals surface area contributed by atoms with E-state index in [1.165, 1.54) is 4.88 Å². The minimum absolute atomic E-state index is 0.0785. The molecule has 1 unspecified atom stereocenters. The summed E-state index contributed by atoms with van der Waals surface area (Å²) < 4.78 is 0. The summed E-state index contributed by atoms with van der Waals surface area (Å²) in [6.07, 6.45) is 3.90. The second-order valence-corrected chi connectivity index (χ2v) is 7.54. The van der Waals surface area contributed by atoms with Crippen molar-refractivity contribution in [2.24, 2.45) is 5.41 Å². The van der Waals surface area contributed by atoms with Crippen LogP contribution in [0.1, 0.15) is 47.2 Å². The van der Waals surface area contributed by atoms with Crippen molar-refractivity contribution in [1.29, 1.82) is 0 Å². The summed E-state index contributed by atoms with van der Waals surface area (Å²) in [6.45, 7) is 5.55. The highest BCUT2D eigenvalue weighted by Gasteiger charge is 2.55. The Morgan fingerprint density at radius 3 is 2.37 bits per heavy atom. The largest absolute Gasteiger partial charge is 0.390 e. The van der Waals surface area contributed by atoms with Crippen LogP contribution < -0.4 is 0 Å². The first-order valence-corrected chi connectivity index (χ1v) is 7.83. The number of thiophene rings is 1. The zero-order valence-corrected chi connectivity index (χ0v) is 12.4. The number of hydrogen-bond acceptors (Lipinski definition) is 3. The highest BCUT2D eigenvalue weighted by molar-refractivity contribution is 7.13. The molecule has 1 aliphatic carbocycles. The van der Waals surface area contributed by atoms with Gasteiger partial charge in [-0.25, -0.2) is 0 Å². The van der Waals surface area contributed by atoms with Crippen molar-refractivity contribution in [3.8, 4) is 0 Å². The second-order valence-electron chi connectivity index (χ2n) is 6.26. The molecule has 19 heavy (non-hydrogen) atoms. The fraction of sp³-hybridized carbons (Fsp3) is 0.667. The van der Waals surface area contributed by atoms with E-state index >= 15 is 0 Å². The van der Waals surface area contributed by atoms with Gasteiger partial charge in [-0.1, -0.05) is 0 Å². The maximum Gasteiger partial charge on any atom is 0.263 e. The van der Waals surface area contributed by atoms with Crippen LogP contribution in [0.15, 0.2) is 12.1 Å². The van der Waals surface area contributed by atoms with Crippen molar-refractivity contribution >= 4 is 17.2 Å². The third kappa shape index (κ3) is 2.01. The Hall–Kier alpha value is -0.870. The Kier molecular flexibility index (Phi) is 2.98. The molecule has 1 atom stereocenters. The Balaban J connectivity index is 1.66. The number of piperidine rings is 1. The number of rotatable bonds is 1. The fourth-order valence-corrected chi connectivity index (χ4v) is 4.31. The minimum atomic E-state index is -0.512. The third-order valence-electron chi connectivity index (χ3n) is 5.19. The van der Waals surface area contributed by atoms with Gasteiger partial charge in [-0.3, -0.25) is 4.79 Å². The van der Waals surface area contributed by atoms with Crippen LogP contribution in [0.2, 0.25) is 0 Å². The first-order chi connectivity index (χ1) is 8.94. The van der Waals surface area contributed by atoms with Crippen molar-refractivity contribution in [2.75, 3.05) is 13.1 Å². The molecule has 1 saturated heterocycles. The van der Waals surface area contributed by atoms with Crippen molar-refractivity contribution < 1.29 is 9.90 Å². The molecule has 1 aliphatic heterocycles. The molecular weight excluding hydrogens is 258 g/mol. The van der Waals surface area contributed by atoms with E-state index in [1.54, 1.807) is 11.3 Å². The van der Waals surface area contributed by atoms with E-state index in [0.29, 0.717) is 0 Å². The van der Waals surface area contributed by atoms with Crippen LogP contribution in [0.5, 0.6) is 0 Å². The monoisotopic (exact) mass is 279 g/mol. The van der Waals surface area contributed by atoms with Crippen molar-refractivity contribution in [3.63, 3.8) is 0 Å². The number of aryl methyl sites for hydroxylation is 1. The summed E-state index contributed by atoms with van der Waals surface area (Å²) in [5.74, 6) is 0.159. The number of carbonyl (C=O) groups is 1. The fourth-order valence-electron chi connectivity index (χ4n) is 3.47. The SMILES string of the molecule is Cc1ccc(C(=O)N2CCC3(CC2)CCC3(C)O)s1. The first kappa shape index (κ1) is 13.1. The van der Waals surface area contributed by atoms with Crippen molar-refractivity contribution in [2.45, 2.75) is 45.1 Å².